The van der Waals surface area contributed by atoms with Crippen molar-refractivity contribution in [2.75, 3.05) is 12.8 Å². The van der Waals surface area contributed by atoms with E-state index in [1.807, 2.05) is 0 Å². The van der Waals surface area contributed by atoms with Crippen LogP contribution in [-0.4, -0.2) is 23.0 Å². The number of halogens is 1. The molecule has 0 fully saturated rings. The summed E-state index contributed by atoms with van der Waals surface area (Å²) >= 11 is 3.33. The summed E-state index contributed by atoms with van der Waals surface area (Å²) in [6.07, 6.45) is 1.40. The second kappa shape index (κ2) is 5.66. The van der Waals surface area contributed by atoms with Crippen molar-refractivity contribution in [3.63, 3.8) is 0 Å². The summed E-state index contributed by atoms with van der Waals surface area (Å²) in [6.45, 7) is 0. The number of carbonyl (C=O) groups is 1. The minimum atomic E-state index is -0.634. The normalized spacial score (nSPS) is 10.0. The van der Waals surface area contributed by atoms with Gasteiger partial charge in [-0.05, 0) is 28.1 Å². The Hall–Kier alpha value is -2.15. The van der Waals surface area contributed by atoms with E-state index in [0.29, 0.717) is 15.9 Å². The molecule has 0 atom stereocenters. The van der Waals surface area contributed by atoms with Crippen LogP contribution in [0.15, 0.2) is 34.9 Å². The van der Waals surface area contributed by atoms with E-state index < -0.39 is 5.97 Å². The molecule has 7 heteroatoms. The van der Waals surface area contributed by atoms with Crippen LogP contribution in [0.25, 0.3) is 0 Å². The Bertz CT molecular complexity index is 599. The van der Waals surface area contributed by atoms with E-state index in [1.165, 1.54) is 19.4 Å². The first-order valence-corrected chi connectivity index (χ1v) is 6.04. The van der Waals surface area contributed by atoms with Gasteiger partial charge in [0.25, 0.3) is 0 Å². The maximum atomic E-state index is 11.3. The summed E-state index contributed by atoms with van der Waals surface area (Å²) in [5.41, 5.74) is 6.25. The average molecular weight is 324 g/mol. The molecule has 1 heterocycles. The number of nitrogens with two attached hydrogens (primary N) is 1. The third-order valence-corrected chi connectivity index (χ3v) is 2.83. The molecule has 2 N–H and O–H groups in total. The van der Waals surface area contributed by atoms with Crippen LogP contribution in [0.1, 0.15) is 10.6 Å². The van der Waals surface area contributed by atoms with Crippen molar-refractivity contribution >= 4 is 27.6 Å². The molecule has 0 radical (unpaired) electrons. The Morgan fingerprint density at radius 2 is 2.16 bits per heavy atom. The number of benzene rings is 1. The Balaban J connectivity index is 2.31. The molecular formula is C12H10BrN3O3. The highest BCUT2D eigenvalue weighted by molar-refractivity contribution is 9.10. The van der Waals surface area contributed by atoms with Crippen LogP contribution in [-0.2, 0) is 4.74 Å². The lowest BCUT2D eigenvalue weighted by molar-refractivity contribution is 0.0585. The van der Waals surface area contributed by atoms with Crippen LogP contribution < -0.4 is 10.5 Å². The van der Waals surface area contributed by atoms with Gasteiger partial charge < -0.3 is 15.2 Å². The second-order valence-electron chi connectivity index (χ2n) is 3.47. The predicted octanol–water partition coefficient (Wildman–Crippen LogP) is 2.40. The molecule has 1 aromatic heterocycles. The molecule has 1 aromatic carbocycles. The minimum absolute atomic E-state index is 0.0781. The van der Waals surface area contributed by atoms with Gasteiger partial charge in [0.05, 0.1) is 17.3 Å². The number of anilines is 1. The van der Waals surface area contributed by atoms with Crippen molar-refractivity contribution in [2.24, 2.45) is 0 Å². The number of nitrogen functional groups attached to an aromatic ring is 1. The van der Waals surface area contributed by atoms with Crippen LogP contribution in [0, 0.1) is 0 Å². The lowest BCUT2D eigenvalue weighted by Gasteiger charge is -2.09. The summed E-state index contributed by atoms with van der Waals surface area (Å²) in [4.78, 5) is 19.0. The average Bonchev–Trinajstić information content (AvgIpc) is 2.42. The van der Waals surface area contributed by atoms with Crippen molar-refractivity contribution in [2.45, 2.75) is 0 Å². The molecule has 0 aliphatic carbocycles. The fourth-order valence-corrected chi connectivity index (χ4v) is 1.79. The monoisotopic (exact) mass is 323 g/mol. The first-order chi connectivity index (χ1) is 9.11. The van der Waals surface area contributed by atoms with Crippen molar-refractivity contribution < 1.29 is 14.3 Å². The third-order valence-electron chi connectivity index (χ3n) is 2.20. The summed E-state index contributed by atoms with van der Waals surface area (Å²) < 4.78 is 10.8. The van der Waals surface area contributed by atoms with E-state index in [2.05, 4.69) is 30.6 Å². The van der Waals surface area contributed by atoms with Crippen LogP contribution in [0.3, 0.4) is 0 Å². The maximum Gasteiger partial charge on any atom is 0.376 e. The van der Waals surface area contributed by atoms with Gasteiger partial charge in [-0.25, -0.2) is 9.78 Å². The Kier molecular flexibility index (Phi) is 3.96. The van der Waals surface area contributed by atoms with Crippen molar-refractivity contribution in [1.82, 2.24) is 9.97 Å². The molecule has 2 rings (SSSR count). The number of hydrogen-bond acceptors (Lipinski definition) is 6. The number of para-hydroxylation sites is 1. The zero-order chi connectivity index (χ0) is 13.8. The van der Waals surface area contributed by atoms with Gasteiger partial charge in [0.1, 0.15) is 0 Å². The lowest BCUT2D eigenvalue weighted by atomic mass is 10.3. The Morgan fingerprint density at radius 1 is 1.37 bits per heavy atom. The van der Waals surface area contributed by atoms with Gasteiger partial charge in [0.2, 0.25) is 11.7 Å². The Labute approximate surface area is 117 Å². The van der Waals surface area contributed by atoms with E-state index in [9.17, 15) is 4.79 Å². The second-order valence-corrected chi connectivity index (χ2v) is 4.32. The zero-order valence-electron chi connectivity index (χ0n) is 9.96. The van der Waals surface area contributed by atoms with Gasteiger partial charge in [-0.15, -0.1) is 0 Å². The molecule has 0 aliphatic rings. The molecule has 0 amide bonds. The molecule has 0 saturated carbocycles. The van der Waals surface area contributed by atoms with Crippen molar-refractivity contribution in [3.8, 4) is 11.6 Å². The first-order valence-electron chi connectivity index (χ1n) is 5.25. The predicted molar refractivity (Wildman–Crippen MR) is 72.0 cm³/mol. The molecule has 0 aliphatic heterocycles. The third kappa shape index (κ3) is 3.00. The number of carbonyl (C=O) groups excluding carboxylic acids is 1. The number of esters is 1. The topological polar surface area (TPSA) is 87.3 Å². The first kappa shape index (κ1) is 13.3. The number of aromatic nitrogens is 2. The molecule has 0 spiro atoms. The molecule has 98 valence electrons. The van der Waals surface area contributed by atoms with E-state index in [1.54, 1.807) is 18.2 Å². The van der Waals surface area contributed by atoms with Crippen LogP contribution in [0.4, 0.5) is 5.69 Å². The molecule has 0 unspecified atom stereocenters. The number of ether oxygens (including phenoxy) is 2. The number of rotatable bonds is 3. The minimum Gasteiger partial charge on any atom is -0.463 e. The highest BCUT2D eigenvalue weighted by Crippen LogP contribution is 2.34. The number of hydrogen-bond donors (Lipinski definition) is 1. The van der Waals surface area contributed by atoms with Crippen molar-refractivity contribution in [3.05, 3.63) is 40.8 Å². The summed E-state index contributed by atoms with van der Waals surface area (Å²) in [5.74, 6) is -0.0813. The van der Waals surface area contributed by atoms with E-state index in [-0.39, 0.29) is 11.7 Å². The molecule has 0 saturated heterocycles. The SMILES string of the molecule is COC(=O)c1nccc(Oc2c(N)cccc2Br)n1. The van der Waals surface area contributed by atoms with Crippen LogP contribution in [0.5, 0.6) is 11.6 Å². The van der Waals surface area contributed by atoms with Gasteiger partial charge in [0, 0.05) is 12.3 Å². The number of methoxy groups -OCH3 is 1. The maximum absolute atomic E-state index is 11.3. The molecule has 0 bridgehead atoms. The highest BCUT2D eigenvalue weighted by atomic mass is 79.9. The van der Waals surface area contributed by atoms with Crippen molar-refractivity contribution in [1.29, 1.82) is 0 Å². The standard InChI is InChI=1S/C12H10BrN3O3/c1-18-12(17)11-15-6-5-9(16-11)19-10-7(13)3-2-4-8(10)14/h2-6H,14H2,1H3. The summed E-state index contributed by atoms with van der Waals surface area (Å²) in [6, 6.07) is 6.79. The lowest BCUT2D eigenvalue weighted by Crippen LogP contribution is -2.07. The quantitative estimate of drug-likeness (QED) is 0.689. The van der Waals surface area contributed by atoms with Crippen LogP contribution >= 0.6 is 15.9 Å². The summed E-state index contributed by atoms with van der Waals surface area (Å²) in [7, 11) is 1.25. The molecule has 19 heavy (non-hydrogen) atoms. The van der Waals surface area contributed by atoms with E-state index in [0.717, 1.165) is 0 Å². The highest BCUT2D eigenvalue weighted by Gasteiger charge is 2.12. The molecule has 2 aromatic rings. The molecule has 6 nitrogen and oxygen atoms in total. The largest absolute Gasteiger partial charge is 0.463 e. The smallest absolute Gasteiger partial charge is 0.376 e. The van der Waals surface area contributed by atoms with E-state index >= 15 is 0 Å². The van der Waals surface area contributed by atoms with E-state index in [4.69, 9.17) is 10.5 Å². The van der Waals surface area contributed by atoms with Crippen LogP contribution in [0.2, 0.25) is 0 Å². The van der Waals surface area contributed by atoms with Gasteiger partial charge >= 0.3 is 5.97 Å². The Morgan fingerprint density at radius 3 is 2.84 bits per heavy atom. The fourth-order valence-electron chi connectivity index (χ4n) is 1.33. The fraction of sp³-hybridized carbons (Fsp3) is 0.0833. The zero-order valence-corrected chi connectivity index (χ0v) is 11.5. The van der Waals surface area contributed by atoms with Gasteiger partial charge in [-0.3, -0.25) is 0 Å². The molecular weight excluding hydrogens is 314 g/mol. The number of nitrogens with zero attached hydrogens (tertiary/aromatic N) is 2. The van der Waals surface area contributed by atoms with Gasteiger partial charge in [-0.2, -0.15) is 4.98 Å². The summed E-state index contributed by atoms with van der Waals surface area (Å²) in [5, 5.41) is 0. The van der Waals surface area contributed by atoms with Gasteiger partial charge in [-0.1, -0.05) is 6.07 Å². The van der Waals surface area contributed by atoms with Gasteiger partial charge in [0.15, 0.2) is 5.75 Å².